The molecule has 2 aromatic rings. The van der Waals surface area contributed by atoms with Gasteiger partial charge in [-0.3, -0.25) is 5.32 Å². The minimum atomic E-state index is -0.184. The Bertz CT molecular complexity index is 579. The first kappa shape index (κ1) is 13.1. The average molecular weight is 291 g/mol. The Morgan fingerprint density at radius 1 is 1.50 bits per heavy atom. The Balaban J connectivity index is 1.60. The fourth-order valence-electron chi connectivity index (χ4n) is 2.64. The number of rotatable bonds is 3. The van der Waals surface area contributed by atoms with E-state index >= 15 is 0 Å². The summed E-state index contributed by atoms with van der Waals surface area (Å²) >= 11 is 1.44. The highest BCUT2D eigenvalue weighted by molar-refractivity contribution is 7.13. The maximum atomic E-state index is 12.0. The molecular weight excluding hydrogens is 274 g/mol. The van der Waals surface area contributed by atoms with Crippen LogP contribution >= 0.6 is 11.3 Å². The van der Waals surface area contributed by atoms with Gasteiger partial charge in [-0.2, -0.15) is 0 Å². The molecule has 20 heavy (non-hydrogen) atoms. The number of amides is 2. The van der Waals surface area contributed by atoms with Gasteiger partial charge in [-0.1, -0.05) is 0 Å². The summed E-state index contributed by atoms with van der Waals surface area (Å²) in [5, 5.41) is 8.38. The van der Waals surface area contributed by atoms with Crippen LogP contribution in [0.3, 0.4) is 0 Å². The molecule has 0 bridgehead atoms. The SMILES string of the molecule is Cc1csc(NC(=O)N[C@@H]2CCC[C@@H]2n2ccnc2)n1. The molecule has 2 N–H and O–H groups in total. The second kappa shape index (κ2) is 5.62. The van der Waals surface area contributed by atoms with Crippen LogP contribution in [0, 0.1) is 6.92 Å². The number of urea groups is 1. The number of aryl methyl sites for hydroxylation is 1. The van der Waals surface area contributed by atoms with Crippen molar-refractivity contribution in [1.82, 2.24) is 19.9 Å². The number of hydrogen-bond donors (Lipinski definition) is 2. The minimum absolute atomic E-state index is 0.144. The molecule has 3 rings (SSSR count). The van der Waals surface area contributed by atoms with Gasteiger partial charge < -0.3 is 9.88 Å². The number of aromatic nitrogens is 3. The molecular formula is C13H17N5OS. The molecule has 1 saturated carbocycles. The second-order valence-electron chi connectivity index (χ2n) is 5.01. The van der Waals surface area contributed by atoms with E-state index in [0.717, 1.165) is 25.0 Å². The lowest BCUT2D eigenvalue weighted by Crippen LogP contribution is -2.40. The molecule has 2 aromatic heterocycles. The van der Waals surface area contributed by atoms with Crippen molar-refractivity contribution in [3.63, 3.8) is 0 Å². The quantitative estimate of drug-likeness (QED) is 0.913. The number of nitrogens with zero attached hydrogens (tertiary/aromatic N) is 3. The predicted octanol–water partition coefficient (Wildman–Crippen LogP) is 2.56. The predicted molar refractivity (Wildman–Crippen MR) is 77.9 cm³/mol. The molecule has 0 radical (unpaired) electrons. The lowest BCUT2D eigenvalue weighted by atomic mass is 10.2. The number of carbonyl (C=O) groups excluding carboxylic acids is 1. The average Bonchev–Trinajstić information content (AvgIpc) is 3.10. The number of carbonyl (C=O) groups is 1. The van der Waals surface area contributed by atoms with Gasteiger partial charge in [0.2, 0.25) is 0 Å². The van der Waals surface area contributed by atoms with Crippen LogP contribution in [-0.4, -0.2) is 26.6 Å². The van der Waals surface area contributed by atoms with Crippen molar-refractivity contribution < 1.29 is 4.79 Å². The van der Waals surface area contributed by atoms with E-state index in [9.17, 15) is 4.79 Å². The van der Waals surface area contributed by atoms with E-state index in [1.807, 2.05) is 24.8 Å². The fourth-order valence-corrected chi connectivity index (χ4v) is 3.33. The van der Waals surface area contributed by atoms with Gasteiger partial charge in [0.25, 0.3) is 0 Å². The maximum absolute atomic E-state index is 12.0. The molecule has 1 aliphatic rings. The highest BCUT2D eigenvalue weighted by Crippen LogP contribution is 2.30. The number of anilines is 1. The third-order valence-corrected chi connectivity index (χ3v) is 4.42. The lowest BCUT2D eigenvalue weighted by Gasteiger charge is -2.22. The standard InChI is InChI=1S/C13H17N5OS/c1-9-7-20-13(15-9)17-12(19)16-10-3-2-4-11(10)18-6-5-14-8-18/h5-8,10-11H,2-4H2,1H3,(H2,15,16,17,19)/t10-,11+/m1/s1. The van der Waals surface area contributed by atoms with Crippen LogP contribution < -0.4 is 10.6 Å². The fraction of sp³-hybridized carbons (Fsp3) is 0.462. The summed E-state index contributed by atoms with van der Waals surface area (Å²) in [6, 6.07) is 0.253. The van der Waals surface area contributed by atoms with Crippen molar-refractivity contribution in [3.8, 4) is 0 Å². The Kier molecular flexibility index (Phi) is 3.68. The summed E-state index contributed by atoms with van der Waals surface area (Å²) in [4.78, 5) is 20.3. The Hall–Kier alpha value is -1.89. The molecule has 2 amide bonds. The first-order valence-electron chi connectivity index (χ1n) is 6.69. The Morgan fingerprint density at radius 2 is 2.40 bits per heavy atom. The highest BCUT2D eigenvalue weighted by Gasteiger charge is 2.29. The zero-order valence-corrected chi connectivity index (χ0v) is 12.1. The minimum Gasteiger partial charge on any atom is -0.333 e. The monoisotopic (exact) mass is 291 g/mol. The summed E-state index contributed by atoms with van der Waals surface area (Å²) in [6.45, 7) is 1.91. The smallest absolute Gasteiger partial charge is 0.321 e. The van der Waals surface area contributed by atoms with Crippen LogP contribution in [0.4, 0.5) is 9.93 Å². The molecule has 0 aromatic carbocycles. The molecule has 0 spiro atoms. The van der Waals surface area contributed by atoms with E-state index in [0.29, 0.717) is 11.2 Å². The molecule has 1 fully saturated rings. The zero-order chi connectivity index (χ0) is 13.9. The molecule has 2 atom stereocenters. The normalized spacial score (nSPS) is 21.9. The lowest BCUT2D eigenvalue weighted by molar-refractivity contribution is 0.245. The summed E-state index contributed by atoms with van der Waals surface area (Å²) in [6.07, 6.45) is 8.71. The van der Waals surface area contributed by atoms with E-state index in [1.54, 1.807) is 6.20 Å². The summed E-state index contributed by atoms with van der Waals surface area (Å²) < 4.78 is 2.07. The number of imidazole rings is 1. The summed E-state index contributed by atoms with van der Waals surface area (Å²) in [5.74, 6) is 0. The van der Waals surface area contributed by atoms with Gasteiger partial charge >= 0.3 is 6.03 Å². The van der Waals surface area contributed by atoms with Crippen molar-refractivity contribution >= 4 is 22.5 Å². The molecule has 0 unspecified atom stereocenters. The third-order valence-electron chi connectivity index (χ3n) is 3.54. The van der Waals surface area contributed by atoms with Gasteiger partial charge in [0.05, 0.1) is 24.1 Å². The number of nitrogens with one attached hydrogen (secondary N) is 2. The van der Waals surface area contributed by atoms with E-state index < -0.39 is 0 Å². The van der Waals surface area contributed by atoms with Crippen molar-refractivity contribution in [1.29, 1.82) is 0 Å². The van der Waals surface area contributed by atoms with Gasteiger partial charge in [-0.05, 0) is 26.2 Å². The molecule has 7 heteroatoms. The highest BCUT2D eigenvalue weighted by atomic mass is 32.1. The van der Waals surface area contributed by atoms with Gasteiger partial charge in [-0.25, -0.2) is 14.8 Å². The topological polar surface area (TPSA) is 71.8 Å². The van der Waals surface area contributed by atoms with Crippen LogP contribution in [0.2, 0.25) is 0 Å². The molecule has 1 aliphatic carbocycles. The van der Waals surface area contributed by atoms with Crippen LogP contribution in [0.5, 0.6) is 0 Å². The molecule has 106 valence electrons. The summed E-state index contributed by atoms with van der Waals surface area (Å²) in [5.41, 5.74) is 0.919. The van der Waals surface area contributed by atoms with E-state index in [1.165, 1.54) is 11.3 Å². The van der Waals surface area contributed by atoms with Crippen molar-refractivity contribution in [3.05, 3.63) is 29.8 Å². The van der Waals surface area contributed by atoms with Crippen LogP contribution in [-0.2, 0) is 0 Å². The molecule has 0 saturated heterocycles. The molecule has 0 aliphatic heterocycles. The van der Waals surface area contributed by atoms with E-state index in [2.05, 4.69) is 25.2 Å². The first-order valence-corrected chi connectivity index (χ1v) is 7.57. The largest absolute Gasteiger partial charge is 0.333 e. The van der Waals surface area contributed by atoms with E-state index in [-0.39, 0.29) is 12.1 Å². The van der Waals surface area contributed by atoms with Gasteiger partial charge in [0.1, 0.15) is 0 Å². The maximum Gasteiger partial charge on any atom is 0.321 e. The van der Waals surface area contributed by atoms with Crippen molar-refractivity contribution in [2.75, 3.05) is 5.32 Å². The Labute approximate surface area is 121 Å². The molecule has 6 nitrogen and oxygen atoms in total. The zero-order valence-electron chi connectivity index (χ0n) is 11.2. The second-order valence-corrected chi connectivity index (χ2v) is 5.87. The van der Waals surface area contributed by atoms with Crippen LogP contribution in [0.1, 0.15) is 31.0 Å². The van der Waals surface area contributed by atoms with Crippen LogP contribution in [0.15, 0.2) is 24.1 Å². The molecule has 2 heterocycles. The van der Waals surface area contributed by atoms with Gasteiger partial charge in [0, 0.05) is 17.8 Å². The summed E-state index contributed by atoms with van der Waals surface area (Å²) in [7, 11) is 0. The van der Waals surface area contributed by atoms with Crippen molar-refractivity contribution in [2.24, 2.45) is 0 Å². The third kappa shape index (κ3) is 2.82. The van der Waals surface area contributed by atoms with Crippen LogP contribution in [0.25, 0.3) is 0 Å². The number of hydrogen-bond acceptors (Lipinski definition) is 4. The first-order chi connectivity index (χ1) is 9.72. The van der Waals surface area contributed by atoms with Gasteiger partial charge in [-0.15, -0.1) is 11.3 Å². The number of thiazole rings is 1. The van der Waals surface area contributed by atoms with Gasteiger partial charge in [0.15, 0.2) is 5.13 Å². The van der Waals surface area contributed by atoms with Crippen molar-refractivity contribution in [2.45, 2.75) is 38.3 Å². The Morgan fingerprint density at radius 3 is 3.10 bits per heavy atom. The van der Waals surface area contributed by atoms with E-state index in [4.69, 9.17) is 0 Å².